The molecule has 1 atom stereocenters. The van der Waals surface area contributed by atoms with Gasteiger partial charge in [-0.1, -0.05) is 38.1 Å². The minimum Gasteiger partial charge on any atom is -0.465 e. The van der Waals surface area contributed by atoms with Gasteiger partial charge in [-0.25, -0.2) is 4.79 Å². The molecule has 0 aliphatic rings. The summed E-state index contributed by atoms with van der Waals surface area (Å²) in [5.74, 6) is 0.356. The fraction of sp³-hybridized carbons (Fsp3) is 0.471. The molecule has 0 aliphatic heterocycles. The monoisotopic (exact) mass is 260 g/mol. The van der Waals surface area contributed by atoms with Crippen molar-refractivity contribution in [2.75, 3.05) is 7.11 Å². The van der Waals surface area contributed by atoms with Crippen LogP contribution >= 0.6 is 0 Å². The molecule has 2 nitrogen and oxygen atoms in total. The maximum atomic E-state index is 11.5. The van der Waals surface area contributed by atoms with E-state index < -0.39 is 0 Å². The second kappa shape index (κ2) is 8.52. The fourth-order valence-corrected chi connectivity index (χ4v) is 2.11. The zero-order valence-electron chi connectivity index (χ0n) is 12.2. The molecule has 0 spiro atoms. The zero-order valence-corrected chi connectivity index (χ0v) is 12.2. The Labute approximate surface area is 116 Å². The molecule has 0 fully saturated rings. The van der Waals surface area contributed by atoms with Gasteiger partial charge >= 0.3 is 5.97 Å². The van der Waals surface area contributed by atoms with Crippen LogP contribution in [-0.2, 0) is 11.2 Å². The van der Waals surface area contributed by atoms with E-state index in [-0.39, 0.29) is 5.97 Å². The first-order chi connectivity index (χ1) is 9.17. The molecule has 0 radical (unpaired) electrons. The van der Waals surface area contributed by atoms with Gasteiger partial charge in [0.05, 0.1) is 12.7 Å². The summed E-state index contributed by atoms with van der Waals surface area (Å²) in [5.41, 5.74) is 1.84. The van der Waals surface area contributed by atoms with Crippen molar-refractivity contribution in [2.24, 2.45) is 5.92 Å². The number of carbonyl (C=O) groups excluding carboxylic acids is 1. The first-order valence-electron chi connectivity index (χ1n) is 6.99. The van der Waals surface area contributed by atoms with Crippen LogP contribution in [0.25, 0.3) is 0 Å². The van der Waals surface area contributed by atoms with Gasteiger partial charge in [-0.05, 0) is 49.3 Å². The van der Waals surface area contributed by atoms with Crippen molar-refractivity contribution >= 4 is 5.97 Å². The maximum absolute atomic E-state index is 11.5. The van der Waals surface area contributed by atoms with Crippen LogP contribution in [0.1, 0.15) is 49.0 Å². The third kappa shape index (κ3) is 5.73. The summed E-state index contributed by atoms with van der Waals surface area (Å²) in [6, 6.07) is 7.73. The Morgan fingerprint density at radius 1 is 1.37 bits per heavy atom. The van der Waals surface area contributed by atoms with Crippen LogP contribution in [-0.4, -0.2) is 13.1 Å². The normalized spacial score (nSPS) is 12.6. The molecule has 0 saturated heterocycles. The Morgan fingerprint density at radius 2 is 2.16 bits per heavy atom. The molecule has 1 unspecified atom stereocenters. The van der Waals surface area contributed by atoms with Crippen LogP contribution in [0.3, 0.4) is 0 Å². The van der Waals surface area contributed by atoms with Gasteiger partial charge in [0.1, 0.15) is 0 Å². The van der Waals surface area contributed by atoms with Crippen molar-refractivity contribution < 1.29 is 9.53 Å². The van der Waals surface area contributed by atoms with E-state index in [1.54, 1.807) is 6.07 Å². The lowest BCUT2D eigenvalue weighted by Crippen LogP contribution is -2.04. The lowest BCUT2D eigenvalue weighted by atomic mass is 9.95. The second-order valence-electron chi connectivity index (χ2n) is 4.96. The summed E-state index contributed by atoms with van der Waals surface area (Å²) < 4.78 is 4.74. The second-order valence-corrected chi connectivity index (χ2v) is 4.96. The number of esters is 1. The number of allylic oxidation sites excluding steroid dienone is 2. The topological polar surface area (TPSA) is 26.3 Å². The van der Waals surface area contributed by atoms with E-state index >= 15 is 0 Å². The van der Waals surface area contributed by atoms with Crippen molar-refractivity contribution in [2.45, 2.75) is 39.5 Å². The highest BCUT2D eigenvalue weighted by Gasteiger charge is 2.08. The van der Waals surface area contributed by atoms with Crippen LogP contribution in [0.4, 0.5) is 0 Å². The number of rotatable bonds is 7. The summed E-state index contributed by atoms with van der Waals surface area (Å²) in [6.07, 6.45) is 8.89. The first kappa shape index (κ1) is 15.5. The molecule has 0 heterocycles. The molecule has 2 heteroatoms. The van der Waals surface area contributed by atoms with Gasteiger partial charge < -0.3 is 4.74 Å². The summed E-state index contributed by atoms with van der Waals surface area (Å²) in [6.45, 7) is 4.41. The molecule has 0 N–H and O–H groups in total. The quantitative estimate of drug-likeness (QED) is 0.536. The molecule has 1 rings (SSSR count). The van der Waals surface area contributed by atoms with Gasteiger partial charge in [0.2, 0.25) is 0 Å². The molecular formula is C17H24O2. The lowest BCUT2D eigenvalue weighted by molar-refractivity contribution is 0.0600. The SMILES string of the molecule is CC/C=C\CCC(C)Cc1cccc(C(=O)OC)c1. The van der Waals surface area contributed by atoms with Gasteiger partial charge in [-0.2, -0.15) is 0 Å². The Hall–Kier alpha value is -1.57. The van der Waals surface area contributed by atoms with Crippen molar-refractivity contribution in [3.8, 4) is 0 Å². The van der Waals surface area contributed by atoms with Gasteiger partial charge in [0.25, 0.3) is 0 Å². The highest BCUT2D eigenvalue weighted by Crippen LogP contribution is 2.15. The number of ether oxygens (including phenoxy) is 1. The predicted molar refractivity (Wildman–Crippen MR) is 79.3 cm³/mol. The van der Waals surface area contributed by atoms with Crippen LogP contribution in [0.15, 0.2) is 36.4 Å². The van der Waals surface area contributed by atoms with Gasteiger partial charge in [-0.3, -0.25) is 0 Å². The zero-order chi connectivity index (χ0) is 14.1. The Bertz CT molecular complexity index is 421. The van der Waals surface area contributed by atoms with Crippen LogP contribution in [0.2, 0.25) is 0 Å². The number of methoxy groups -OCH3 is 1. The van der Waals surface area contributed by atoms with Crippen molar-refractivity contribution in [3.63, 3.8) is 0 Å². The molecule has 0 aliphatic carbocycles. The first-order valence-corrected chi connectivity index (χ1v) is 6.99. The van der Waals surface area contributed by atoms with Crippen LogP contribution in [0, 0.1) is 5.92 Å². The van der Waals surface area contributed by atoms with E-state index in [0.717, 1.165) is 19.3 Å². The molecule has 19 heavy (non-hydrogen) atoms. The minimum atomic E-state index is -0.264. The Balaban J connectivity index is 2.52. The average Bonchev–Trinajstić information content (AvgIpc) is 2.43. The summed E-state index contributed by atoms with van der Waals surface area (Å²) in [7, 11) is 1.41. The summed E-state index contributed by atoms with van der Waals surface area (Å²) >= 11 is 0. The van der Waals surface area contributed by atoms with E-state index in [4.69, 9.17) is 4.74 Å². The van der Waals surface area contributed by atoms with Crippen molar-refractivity contribution in [1.82, 2.24) is 0 Å². The predicted octanol–water partition coefficient (Wildman–Crippen LogP) is 4.40. The standard InChI is InChI=1S/C17H24O2/c1-4-5-6-7-9-14(2)12-15-10-8-11-16(13-15)17(18)19-3/h5-6,8,10-11,13-14H,4,7,9,12H2,1-3H3/b6-5-. The summed E-state index contributed by atoms with van der Waals surface area (Å²) in [5, 5.41) is 0. The van der Waals surface area contributed by atoms with E-state index in [0.29, 0.717) is 11.5 Å². The molecule has 0 amide bonds. The van der Waals surface area contributed by atoms with Crippen LogP contribution in [0.5, 0.6) is 0 Å². The van der Waals surface area contributed by atoms with E-state index in [1.165, 1.54) is 19.1 Å². The molecular weight excluding hydrogens is 236 g/mol. The smallest absolute Gasteiger partial charge is 0.337 e. The Morgan fingerprint density at radius 3 is 2.84 bits per heavy atom. The Kier molecular flexibility index (Phi) is 6.94. The fourth-order valence-electron chi connectivity index (χ4n) is 2.11. The van der Waals surface area contributed by atoms with E-state index in [2.05, 4.69) is 32.1 Å². The number of hydrogen-bond donors (Lipinski definition) is 0. The highest BCUT2D eigenvalue weighted by atomic mass is 16.5. The van der Waals surface area contributed by atoms with E-state index in [1.807, 2.05) is 12.1 Å². The highest BCUT2D eigenvalue weighted by molar-refractivity contribution is 5.89. The lowest BCUT2D eigenvalue weighted by Gasteiger charge is -2.10. The van der Waals surface area contributed by atoms with Crippen molar-refractivity contribution in [1.29, 1.82) is 0 Å². The van der Waals surface area contributed by atoms with Gasteiger partial charge in [0, 0.05) is 0 Å². The largest absolute Gasteiger partial charge is 0.465 e. The molecule has 0 aromatic heterocycles. The molecule has 1 aromatic rings. The van der Waals surface area contributed by atoms with Gasteiger partial charge in [-0.15, -0.1) is 0 Å². The maximum Gasteiger partial charge on any atom is 0.337 e. The van der Waals surface area contributed by atoms with Crippen molar-refractivity contribution in [3.05, 3.63) is 47.5 Å². The number of benzene rings is 1. The molecule has 0 bridgehead atoms. The molecule has 1 aromatic carbocycles. The van der Waals surface area contributed by atoms with Crippen LogP contribution < -0.4 is 0 Å². The molecule has 104 valence electrons. The number of carbonyl (C=O) groups is 1. The third-order valence-corrected chi connectivity index (χ3v) is 3.16. The van der Waals surface area contributed by atoms with Gasteiger partial charge in [0.15, 0.2) is 0 Å². The van der Waals surface area contributed by atoms with E-state index in [9.17, 15) is 4.79 Å². The summed E-state index contributed by atoms with van der Waals surface area (Å²) in [4.78, 5) is 11.5. The number of hydrogen-bond acceptors (Lipinski definition) is 2. The minimum absolute atomic E-state index is 0.264. The molecule has 0 saturated carbocycles. The third-order valence-electron chi connectivity index (χ3n) is 3.16. The average molecular weight is 260 g/mol.